The van der Waals surface area contributed by atoms with Crippen LogP contribution in [0.15, 0.2) is 34.5 Å². The van der Waals surface area contributed by atoms with Gasteiger partial charge in [-0.3, -0.25) is 14.5 Å². The van der Waals surface area contributed by atoms with Gasteiger partial charge in [-0.05, 0) is 18.6 Å². The van der Waals surface area contributed by atoms with Crippen molar-refractivity contribution in [2.24, 2.45) is 5.16 Å². The fraction of sp³-hybridized carbons (Fsp3) is 0.353. The predicted molar refractivity (Wildman–Crippen MR) is 109 cm³/mol. The number of hydrogen-bond acceptors (Lipinski definition) is 10. The van der Waals surface area contributed by atoms with Crippen molar-refractivity contribution in [3.8, 4) is 0 Å². The molecule has 0 spiro atoms. The highest BCUT2D eigenvalue weighted by Gasteiger charge is 2.53. The summed E-state index contributed by atoms with van der Waals surface area (Å²) in [7, 11) is 1.30. The van der Waals surface area contributed by atoms with E-state index in [0.29, 0.717) is 11.3 Å². The molecule has 0 aromatic carbocycles. The third-order valence-corrected chi connectivity index (χ3v) is 5.81. The van der Waals surface area contributed by atoms with E-state index in [0.717, 1.165) is 11.3 Å². The van der Waals surface area contributed by atoms with Gasteiger partial charge in [0, 0.05) is 11.1 Å². The Labute approximate surface area is 174 Å². The van der Waals surface area contributed by atoms with E-state index in [1.54, 1.807) is 18.4 Å². The number of nitrogens with one attached hydrogen (secondary N) is 1. The first-order valence-corrected chi connectivity index (χ1v) is 10.4. The first kappa shape index (κ1) is 20.9. The van der Waals surface area contributed by atoms with E-state index in [1.807, 2.05) is 0 Å². The van der Waals surface area contributed by atoms with E-state index in [2.05, 4.69) is 22.0 Å². The number of aromatic nitrogens is 1. The number of thiazole rings is 1. The summed E-state index contributed by atoms with van der Waals surface area (Å²) in [4.78, 5) is 47.6. The summed E-state index contributed by atoms with van der Waals surface area (Å²) in [5, 5.41) is 7.75. The Morgan fingerprint density at radius 3 is 2.90 bits per heavy atom. The van der Waals surface area contributed by atoms with Gasteiger partial charge in [0.15, 0.2) is 10.8 Å². The summed E-state index contributed by atoms with van der Waals surface area (Å²) in [6.07, 6.45) is 1.63. The molecule has 2 aliphatic rings. The summed E-state index contributed by atoms with van der Waals surface area (Å²) in [5.74, 6) is -1.14. The van der Waals surface area contributed by atoms with Crippen LogP contribution >= 0.6 is 23.1 Å². The molecule has 3 N–H and O–H groups in total. The zero-order valence-corrected chi connectivity index (χ0v) is 17.3. The Morgan fingerprint density at radius 1 is 1.52 bits per heavy atom. The molecule has 2 atom stereocenters. The van der Waals surface area contributed by atoms with Crippen LogP contribution in [-0.4, -0.2) is 64.3 Å². The average Bonchev–Trinajstić information content (AvgIpc) is 3.13. The van der Waals surface area contributed by atoms with Crippen LogP contribution in [0.2, 0.25) is 0 Å². The number of β-lactam (4-membered cyclic amide) rings is 1. The summed E-state index contributed by atoms with van der Waals surface area (Å²) in [6, 6.07) is -0.817. The maximum absolute atomic E-state index is 12.7. The molecular formula is C17H19N5O5S2. The van der Waals surface area contributed by atoms with Gasteiger partial charge in [0.2, 0.25) is 0 Å². The van der Waals surface area contributed by atoms with Crippen molar-refractivity contribution < 1.29 is 24.0 Å². The number of esters is 1. The lowest BCUT2D eigenvalue weighted by Gasteiger charge is -2.48. The smallest absolute Gasteiger partial charge is 0.355 e. The van der Waals surface area contributed by atoms with Crippen LogP contribution < -0.4 is 11.1 Å². The summed E-state index contributed by atoms with van der Waals surface area (Å²) >= 11 is 2.57. The van der Waals surface area contributed by atoms with Crippen LogP contribution in [0.3, 0.4) is 0 Å². The molecule has 29 heavy (non-hydrogen) atoms. The highest BCUT2D eigenvalue weighted by Crippen LogP contribution is 2.37. The largest absolute Gasteiger partial charge is 0.457 e. The third-order valence-electron chi connectivity index (χ3n) is 3.95. The van der Waals surface area contributed by atoms with Gasteiger partial charge in [-0.1, -0.05) is 11.7 Å². The lowest BCUT2D eigenvalue weighted by Crippen LogP contribution is -2.70. The van der Waals surface area contributed by atoms with Crippen molar-refractivity contribution in [3.63, 3.8) is 0 Å². The summed E-state index contributed by atoms with van der Waals surface area (Å²) < 4.78 is 5.14. The van der Waals surface area contributed by atoms with Crippen LogP contribution in [0, 0.1) is 0 Å². The highest BCUT2D eigenvalue weighted by molar-refractivity contribution is 8.00. The van der Waals surface area contributed by atoms with Crippen LogP contribution in [0.5, 0.6) is 0 Å². The SMILES string of the molecule is C=C(C)COC(=O)C1=CCS[C@@H]2C(NC(=O)C(=NOC)c3csc(N)n3)C(=O)N12. The number of thioether (sulfide) groups is 1. The molecule has 0 saturated carbocycles. The number of amides is 2. The zero-order valence-electron chi connectivity index (χ0n) is 15.7. The number of nitrogen functional groups attached to an aromatic ring is 1. The first-order valence-electron chi connectivity index (χ1n) is 8.43. The Morgan fingerprint density at radius 2 is 2.28 bits per heavy atom. The highest BCUT2D eigenvalue weighted by atomic mass is 32.2. The molecule has 1 unspecified atom stereocenters. The van der Waals surface area contributed by atoms with Gasteiger partial charge < -0.3 is 20.6 Å². The Balaban J connectivity index is 1.69. The van der Waals surface area contributed by atoms with Crippen molar-refractivity contribution in [2.45, 2.75) is 18.3 Å². The van der Waals surface area contributed by atoms with E-state index in [-0.39, 0.29) is 28.8 Å². The van der Waals surface area contributed by atoms with Crippen LogP contribution in [0.25, 0.3) is 0 Å². The van der Waals surface area contributed by atoms with Gasteiger partial charge in [-0.2, -0.15) is 0 Å². The van der Waals surface area contributed by atoms with Crippen LogP contribution in [0.1, 0.15) is 12.6 Å². The van der Waals surface area contributed by atoms with Gasteiger partial charge in [0.05, 0.1) is 0 Å². The average molecular weight is 438 g/mol. The molecule has 0 radical (unpaired) electrons. The maximum atomic E-state index is 12.7. The number of carbonyl (C=O) groups excluding carboxylic acids is 3. The molecule has 3 rings (SSSR count). The molecule has 2 amide bonds. The van der Waals surface area contributed by atoms with Crippen molar-refractivity contribution in [2.75, 3.05) is 25.2 Å². The topological polar surface area (TPSA) is 136 Å². The zero-order chi connectivity index (χ0) is 21.1. The lowest BCUT2D eigenvalue weighted by molar-refractivity contribution is -0.152. The molecule has 0 aliphatic carbocycles. The normalized spacial score (nSPS) is 20.9. The first-order chi connectivity index (χ1) is 13.8. The molecule has 10 nitrogen and oxygen atoms in total. The number of anilines is 1. The Bertz CT molecular complexity index is 925. The second-order valence-corrected chi connectivity index (χ2v) is 8.24. The molecule has 0 bridgehead atoms. The van der Waals surface area contributed by atoms with Gasteiger partial charge in [0.25, 0.3) is 11.8 Å². The van der Waals surface area contributed by atoms with Crippen molar-refractivity contribution >= 4 is 51.7 Å². The minimum absolute atomic E-state index is 0.0732. The fourth-order valence-corrected chi connectivity index (χ4v) is 4.44. The number of nitrogens with two attached hydrogens (primary N) is 1. The number of ether oxygens (including phenoxy) is 1. The minimum Gasteiger partial charge on any atom is -0.457 e. The second-order valence-electron chi connectivity index (χ2n) is 6.20. The minimum atomic E-state index is -0.817. The number of fused-ring (bicyclic) bond motifs is 1. The van der Waals surface area contributed by atoms with Gasteiger partial charge in [-0.15, -0.1) is 23.1 Å². The van der Waals surface area contributed by atoms with Crippen LogP contribution in [0.4, 0.5) is 5.13 Å². The molecule has 12 heteroatoms. The quantitative estimate of drug-likeness (QED) is 0.207. The van der Waals surface area contributed by atoms with Crippen LogP contribution in [-0.2, 0) is 24.0 Å². The number of carbonyl (C=O) groups is 3. The second kappa shape index (κ2) is 8.66. The maximum Gasteiger partial charge on any atom is 0.355 e. The molecular weight excluding hydrogens is 418 g/mol. The molecule has 1 fully saturated rings. The van der Waals surface area contributed by atoms with E-state index in [9.17, 15) is 14.4 Å². The number of oxime groups is 1. The number of rotatable bonds is 7. The van der Waals surface area contributed by atoms with Gasteiger partial charge in [0.1, 0.15) is 36.5 Å². The lowest BCUT2D eigenvalue weighted by atomic mass is 10.0. The molecule has 3 heterocycles. The summed E-state index contributed by atoms with van der Waals surface area (Å²) in [6.45, 7) is 5.48. The Hall–Kier alpha value is -2.86. The van der Waals surface area contributed by atoms with Crippen molar-refractivity contribution in [1.82, 2.24) is 15.2 Å². The number of hydrogen-bond donors (Lipinski definition) is 2. The predicted octanol–water partition coefficient (Wildman–Crippen LogP) is 0.479. The molecule has 1 aromatic rings. The molecule has 1 saturated heterocycles. The molecule has 154 valence electrons. The molecule has 1 aromatic heterocycles. The number of nitrogens with zero attached hydrogens (tertiary/aromatic N) is 3. The van der Waals surface area contributed by atoms with Gasteiger partial charge >= 0.3 is 5.97 Å². The Kier molecular flexibility index (Phi) is 6.23. The monoisotopic (exact) mass is 437 g/mol. The van der Waals surface area contributed by atoms with E-state index < -0.39 is 29.2 Å². The van der Waals surface area contributed by atoms with Crippen molar-refractivity contribution in [1.29, 1.82) is 0 Å². The van der Waals surface area contributed by atoms with E-state index in [1.165, 1.54) is 23.8 Å². The van der Waals surface area contributed by atoms with Gasteiger partial charge in [-0.25, -0.2) is 9.78 Å². The fourth-order valence-electron chi connectivity index (χ4n) is 2.69. The van der Waals surface area contributed by atoms with Crippen molar-refractivity contribution in [3.05, 3.63) is 35.0 Å². The van der Waals surface area contributed by atoms with E-state index >= 15 is 0 Å². The van der Waals surface area contributed by atoms with E-state index in [4.69, 9.17) is 15.3 Å². The standard InChI is InChI=1S/C17H19N5O5S2/c1-8(2)6-27-16(25)10-4-5-28-15-12(14(24)22(10)15)20-13(23)11(21-26-3)9-7-29-17(18)19-9/h4,7,12,15H,1,5-6H2,2-3H3,(H2,18,19)(H,20,23)/t12?,15-/m1/s1. The summed E-state index contributed by atoms with van der Waals surface area (Å²) in [5.41, 5.74) is 6.62. The molecule has 2 aliphatic heterocycles. The third kappa shape index (κ3) is 4.27.